The van der Waals surface area contributed by atoms with Crippen LogP contribution in [-0.4, -0.2) is 19.8 Å². The molecule has 0 saturated heterocycles. The summed E-state index contributed by atoms with van der Waals surface area (Å²) in [5, 5.41) is 9.74. The van der Waals surface area contributed by atoms with Gasteiger partial charge >= 0.3 is 0 Å². The molecule has 0 saturated carbocycles. The van der Waals surface area contributed by atoms with Crippen LogP contribution in [0.1, 0.15) is 133 Å². The molecule has 44 heavy (non-hydrogen) atoms. The summed E-state index contributed by atoms with van der Waals surface area (Å²) >= 11 is 0. The summed E-state index contributed by atoms with van der Waals surface area (Å²) in [5.74, 6) is 2.20. The Kier molecular flexibility index (Phi) is 17.5. The number of ether oxygens (including phenoxy) is 3. The normalized spacial score (nSPS) is 11.6. The van der Waals surface area contributed by atoms with Gasteiger partial charge in [-0.3, -0.25) is 0 Å². The monoisotopic (exact) mass is 598 g/mol. The molecule has 0 bridgehead atoms. The fourth-order valence-corrected chi connectivity index (χ4v) is 5.10. The summed E-state index contributed by atoms with van der Waals surface area (Å²) < 4.78 is 18.9. The van der Waals surface area contributed by atoms with Crippen LogP contribution >= 0.6 is 0 Å². The lowest BCUT2D eigenvalue weighted by atomic mass is 9.96. The largest absolute Gasteiger partial charge is 0.494 e. The highest BCUT2D eigenvalue weighted by atomic mass is 16.5. The van der Waals surface area contributed by atoms with E-state index in [1.807, 2.05) is 50.3 Å². The molecule has 0 N–H and O–H groups in total. The van der Waals surface area contributed by atoms with Gasteiger partial charge in [-0.25, -0.2) is 4.85 Å². The predicted octanol–water partition coefficient (Wildman–Crippen LogP) is 11.5. The summed E-state index contributed by atoms with van der Waals surface area (Å²) in [7, 11) is 0. The molecule has 238 valence electrons. The standard InChI is InChI=1S/C39H54N2O3/c1-8-12-15-18-21-42-37-27-33(38(25-31(37)6)43-22-19-16-13-9-2)26-36(41-7)35-24-30(5)34(32(11-4)29-40)28-39(35)44-23-20-17-14-10-3/h11,24-28H,8-10,12-23H2,1-6H3/b32-11+,36-26-. The van der Waals surface area contributed by atoms with Crippen molar-refractivity contribution in [1.29, 1.82) is 5.26 Å². The maximum Gasteiger partial charge on any atom is 0.198 e. The molecule has 5 nitrogen and oxygen atoms in total. The van der Waals surface area contributed by atoms with E-state index in [4.69, 9.17) is 20.8 Å². The summed E-state index contributed by atoms with van der Waals surface area (Å²) in [5.41, 5.74) is 5.39. The van der Waals surface area contributed by atoms with Crippen LogP contribution < -0.4 is 14.2 Å². The van der Waals surface area contributed by atoms with E-state index in [0.717, 1.165) is 90.7 Å². The SMILES string of the molecule is [C-]#[N+]/C(=C\c1cc(OCCCCCC)c(C)cc1OCCCCCC)c1cc(C)c(/C(C#N)=C/C)cc1OCCCCCC. The zero-order valence-electron chi connectivity index (χ0n) is 28.2. The second kappa shape index (κ2) is 21.1. The Hall–Kier alpha value is -3.70. The third-order valence-corrected chi connectivity index (χ3v) is 7.79. The summed E-state index contributed by atoms with van der Waals surface area (Å²) in [6.45, 7) is 22.6. The Balaban J connectivity index is 2.56. The summed E-state index contributed by atoms with van der Waals surface area (Å²) in [4.78, 5) is 3.99. The van der Waals surface area contributed by atoms with Gasteiger partial charge in [-0.15, -0.1) is 0 Å². The zero-order chi connectivity index (χ0) is 32.2. The lowest BCUT2D eigenvalue weighted by Crippen LogP contribution is -2.03. The zero-order valence-corrected chi connectivity index (χ0v) is 28.2. The van der Waals surface area contributed by atoms with E-state index < -0.39 is 0 Å². The Morgan fingerprint density at radius 2 is 1.25 bits per heavy atom. The average molecular weight is 599 g/mol. The molecule has 0 atom stereocenters. The van der Waals surface area contributed by atoms with Crippen molar-refractivity contribution in [3.8, 4) is 23.3 Å². The van der Waals surface area contributed by atoms with E-state index in [-0.39, 0.29) is 0 Å². The average Bonchev–Trinajstić information content (AvgIpc) is 3.02. The molecule has 0 spiro atoms. The molecule has 0 aliphatic heterocycles. The van der Waals surface area contributed by atoms with Crippen molar-refractivity contribution >= 4 is 17.3 Å². The number of rotatable bonds is 21. The van der Waals surface area contributed by atoms with Crippen LogP contribution in [0, 0.1) is 31.8 Å². The van der Waals surface area contributed by atoms with Gasteiger partial charge in [-0.1, -0.05) is 90.7 Å². The number of allylic oxidation sites excluding steroid dienone is 2. The molecule has 0 unspecified atom stereocenters. The highest BCUT2D eigenvalue weighted by Crippen LogP contribution is 2.37. The van der Waals surface area contributed by atoms with E-state index in [1.54, 1.807) is 0 Å². The van der Waals surface area contributed by atoms with Crippen molar-refractivity contribution in [1.82, 2.24) is 0 Å². The van der Waals surface area contributed by atoms with Crippen molar-refractivity contribution in [2.24, 2.45) is 0 Å². The minimum Gasteiger partial charge on any atom is -0.494 e. The van der Waals surface area contributed by atoms with Crippen LogP contribution in [0.2, 0.25) is 0 Å². The van der Waals surface area contributed by atoms with Crippen molar-refractivity contribution in [2.45, 2.75) is 119 Å². The number of nitriles is 1. The number of unbranched alkanes of at least 4 members (excludes halogenated alkanes) is 9. The molecule has 0 fully saturated rings. The van der Waals surface area contributed by atoms with Crippen LogP contribution in [0.25, 0.3) is 22.2 Å². The van der Waals surface area contributed by atoms with Gasteiger partial charge in [-0.05, 0) is 81.0 Å². The molecule has 0 amide bonds. The van der Waals surface area contributed by atoms with Crippen molar-refractivity contribution < 1.29 is 14.2 Å². The number of nitrogens with zero attached hydrogens (tertiary/aromatic N) is 2. The maximum atomic E-state index is 9.74. The summed E-state index contributed by atoms with van der Waals surface area (Å²) in [6.07, 6.45) is 17.1. The van der Waals surface area contributed by atoms with Gasteiger partial charge in [0, 0.05) is 11.1 Å². The minimum absolute atomic E-state index is 0.468. The first-order valence-corrected chi connectivity index (χ1v) is 16.8. The lowest BCUT2D eigenvalue weighted by Gasteiger charge is -2.17. The van der Waals surface area contributed by atoms with Crippen LogP contribution in [0.4, 0.5) is 0 Å². The Morgan fingerprint density at radius 3 is 1.75 bits per heavy atom. The van der Waals surface area contributed by atoms with Gasteiger partial charge in [0.25, 0.3) is 0 Å². The molecule has 5 heteroatoms. The molecular formula is C39H54N2O3. The summed E-state index contributed by atoms with van der Waals surface area (Å²) in [6, 6.07) is 10.3. The van der Waals surface area contributed by atoms with Gasteiger partial charge < -0.3 is 14.2 Å². The molecule has 2 rings (SSSR count). The fraction of sp³-hybridized carbons (Fsp3) is 0.538. The number of aryl methyl sites for hydroxylation is 2. The van der Waals surface area contributed by atoms with E-state index >= 15 is 0 Å². The molecule has 0 aromatic heterocycles. The van der Waals surface area contributed by atoms with Crippen molar-refractivity contribution in [3.63, 3.8) is 0 Å². The van der Waals surface area contributed by atoms with Crippen LogP contribution in [0.15, 0.2) is 30.3 Å². The van der Waals surface area contributed by atoms with Gasteiger partial charge in [0.1, 0.15) is 17.2 Å². The van der Waals surface area contributed by atoms with Gasteiger partial charge in [0.15, 0.2) is 5.70 Å². The first-order chi connectivity index (χ1) is 21.4. The highest BCUT2D eigenvalue weighted by molar-refractivity contribution is 5.91. The van der Waals surface area contributed by atoms with Gasteiger partial charge in [0.2, 0.25) is 0 Å². The molecule has 2 aromatic carbocycles. The minimum atomic E-state index is 0.468. The first kappa shape index (κ1) is 36.5. The van der Waals surface area contributed by atoms with Crippen LogP contribution in [0.5, 0.6) is 17.2 Å². The highest BCUT2D eigenvalue weighted by Gasteiger charge is 2.17. The van der Waals surface area contributed by atoms with E-state index in [2.05, 4.69) is 38.6 Å². The fourth-order valence-electron chi connectivity index (χ4n) is 5.10. The predicted molar refractivity (Wildman–Crippen MR) is 185 cm³/mol. The van der Waals surface area contributed by atoms with Gasteiger partial charge in [0.05, 0.1) is 38.0 Å². The smallest absolute Gasteiger partial charge is 0.198 e. The first-order valence-electron chi connectivity index (χ1n) is 16.8. The van der Waals surface area contributed by atoms with E-state index in [9.17, 15) is 5.26 Å². The Morgan fingerprint density at radius 1 is 0.705 bits per heavy atom. The van der Waals surface area contributed by atoms with Gasteiger partial charge in [-0.2, -0.15) is 5.26 Å². The number of hydrogen-bond donors (Lipinski definition) is 0. The number of hydrogen-bond acceptors (Lipinski definition) is 4. The third-order valence-electron chi connectivity index (χ3n) is 7.79. The second-order valence-corrected chi connectivity index (χ2v) is 11.5. The molecular weight excluding hydrogens is 544 g/mol. The van der Waals surface area contributed by atoms with Crippen LogP contribution in [-0.2, 0) is 0 Å². The lowest BCUT2D eigenvalue weighted by molar-refractivity contribution is 0.295. The van der Waals surface area contributed by atoms with Crippen LogP contribution in [0.3, 0.4) is 0 Å². The van der Waals surface area contributed by atoms with Crippen molar-refractivity contribution in [2.75, 3.05) is 19.8 Å². The number of benzene rings is 2. The maximum absolute atomic E-state index is 9.74. The Bertz CT molecular complexity index is 1310. The molecule has 2 aromatic rings. The van der Waals surface area contributed by atoms with Crippen molar-refractivity contribution in [3.05, 3.63) is 69.6 Å². The molecule has 0 aliphatic carbocycles. The van der Waals surface area contributed by atoms with E-state index in [1.165, 1.54) is 25.7 Å². The quantitative estimate of drug-likeness (QED) is 0.0621. The van der Waals surface area contributed by atoms with E-state index in [0.29, 0.717) is 36.8 Å². The third kappa shape index (κ3) is 11.8. The molecule has 0 aliphatic rings. The topological polar surface area (TPSA) is 55.8 Å². The molecule has 0 heterocycles. The molecule has 0 radical (unpaired) electrons. The Labute approximate surface area is 267 Å². The second-order valence-electron chi connectivity index (χ2n) is 11.5.